The molecule has 1 aromatic heterocycles. The number of rotatable bonds is 8. The van der Waals surface area contributed by atoms with Gasteiger partial charge in [0.05, 0.1) is 0 Å². The van der Waals surface area contributed by atoms with Crippen LogP contribution in [-0.4, -0.2) is 20.7 Å². The number of benzene rings is 4. The summed E-state index contributed by atoms with van der Waals surface area (Å²) in [7, 11) is 0. The highest BCUT2D eigenvalue weighted by Gasteiger charge is 2.15. The molecular formula is C30H26N4OS. The van der Waals surface area contributed by atoms with Gasteiger partial charge in [0.25, 0.3) is 5.91 Å². The van der Waals surface area contributed by atoms with E-state index in [-0.39, 0.29) is 5.91 Å². The standard InChI is InChI=1S/C30H26N4OS/c1-22-9-8-12-26(19-22)31-29(35)25-17-15-24(16-18-25)21-36-30-33-32-28(20-23-10-4-2-5-11-23)34(30)27-13-6-3-7-14-27/h2-19H,20-21H2,1H3,(H,31,35). The van der Waals surface area contributed by atoms with Crippen molar-refractivity contribution in [2.75, 3.05) is 5.32 Å². The molecule has 0 bridgehead atoms. The van der Waals surface area contributed by atoms with Gasteiger partial charge in [-0.25, -0.2) is 0 Å². The fraction of sp³-hybridized carbons (Fsp3) is 0.100. The van der Waals surface area contributed by atoms with Gasteiger partial charge in [-0.2, -0.15) is 0 Å². The lowest BCUT2D eigenvalue weighted by Gasteiger charge is -2.11. The van der Waals surface area contributed by atoms with Gasteiger partial charge in [0.15, 0.2) is 5.16 Å². The second-order valence-electron chi connectivity index (χ2n) is 8.54. The Morgan fingerprint density at radius 3 is 2.25 bits per heavy atom. The van der Waals surface area contributed by atoms with Crippen LogP contribution in [0.25, 0.3) is 5.69 Å². The maximum absolute atomic E-state index is 12.6. The molecule has 5 nitrogen and oxygen atoms in total. The Bertz CT molecular complexity index is 1450. The quantitative estimate of drug-likeness (QED) is 0.246. The van der Waals surface area contributed by atoms with Gasteiger partial charge in [0.1, 0.15) is 5.82 Å². The Hall–Kier alpha value is -4.16. The summed E-state index contributed by atoms with van der Waals surface area (Å²) >= 11 is 1.63. The number of nitrogens with zero attached hydrogens (tertiary/aromatic N) is 3. The topological polar surface area (TPSA) is 59.8 Å². The third kappa shape index (κ3) is 5.73. The van der Waals surface area contributed by atoms with Crippen LogP contribution in [-0.2, 0) is 12.2 Å². The number of amides is 1. The zero-order valence-electron chi connectivity index (χ0n) is 20.0. The van der Waals surface area contributed by atoms with E-state index < -0.39 is 0 Å². The second-order valence-corrected chi connectivity index (χ2v) is 9.48. The maximum Gasteiger partial charge on any atom is 0.255 e. The van der Waals surface area contributed by atoms with E-state index in [0.717, 1.165) is 39.2 Å². The first kappa shape index (κ1) is 23.6. The van der Waals surface area contributed by atoms with Crippen LogP contribution >= 0.6 is 11.8 Å². The summed E-state index contributed by atoms with van der Waals surface area (Å²) in [5.74, 6) is 1.50. The van der Waals surface area contributed by atoms with Crippen molar-refractivity contribution in [1.29, 1.82) is 0 Å². The van der Waals surface area contributed by atoms with E-state index in [1.165, 1.54) is 5.56 Å². The lowest BCUT2D eigenvalue weighted by Crippen LogP contribution is -2.11. The number of thioether (sulfide) groups is 1. The predicted molar refractivity (Wildman–Crippen MR) is 146 cm³/mol. The summed E-state index contributed by atoms with van der Waals surface area (Å²) in [6.07, 6.45) is 0.702. The Kier molecular flexibility index (Phi) is 7.24. The first-order valence-corrected chi connectivity index (χ1v) is 12.8. The molecule has 6 heteroatoms. The molecule has 1 N–H and O–H groups in total. The summed E-state index contributed by atoms with van der Waals surface area (Å²) in [6, 6.07) is 36.0. The second kappa shape index (κ2) is 11.1. The largest absolute Gasteiger partial charge is 0.322 e. The number of carbonyl (C=O) groups is 1. The van der Waals surface area contributed by atoms with Gasteiger partial charge in [0, 0.05) is 29.1 Å². The molecule has 0 aliphatic carbocycles. The lowest BCUT2D eigenvalue weighted by molar-refractivity contribution is 0.102. The Morgan fingerprint density at radius 2 is 1.53 bits per heavy atom. The normalized spacial score (nSPS) is 10.8. The van der Waals surface area contributed by atoms with Crippen molar-refractivity contribution in [3.63, 3.8) is 0 Å². The van der Waals surface area contributed by atoms with Gasteiger partial charge in [0.2, 0.25) is 0 Å². The molecule has 1 amide bonds. The van der Waals surface area contributed by atoms with Gasteiger partial charge in [-0.15, -0.1) is 10.2 Å². The average molecular weight is 491 g/mol. The van der Waals surface area contributed by atoms with Crippen molar-refractivity contribution in [3.8, 4) is 5.69 Å². The summed E-state index contributed by atoms with van der Waals surface area (Å²) in [5, 5.41) is 12.8. The first-order chi connectivity index (χ1) is 17.7. The first-order valence-electron chi connectivity index (χ1n) is 11.8. The number of aryl methyl sites for hydroxylation is 1. The van der Waals surface area contributed by atoms with E-state index >= 15 is 0 Å². The van der Waals surface area contributed by atoms with Crippen LogP contribution in [0.15, 0.2) is 114 Å². The minimum absolute atomic E-state index is 0.117. The minimum Gasteiger partial charge on any atom is -0.322 e. The van der Waals surface area contributed by atoms with E-state index in [9.17, 15) is 4.79 Å². The molecule has 5 rings (SSSR count). The maximum atomic E-state index is 12.6. The molecule has 0 aliphatic rings. The van der Waals surface area contributed by atoms with Crippen molar-refractivity contribution in [2.24, 2.45) is 0 Å². The summed E-state index contributed by atoms with van der Waals surface area (Å²) in [4.78, 5) is 12.6. The number of aromatic nitrogens is 3. The molecule has 1 heterocycles. The molecule has 0 fully saturated rings. The number of para-hydroxylation sites is 1. The predicted octanol–water partition coefficient (Wildman–Crippen LogP) is 6.71. The summed E-state index contributed by atoms with van der Waals surface area (Å²) in [5.41, 5.74) is 5.88. The zero-order chi connectivity index (χ0) is 24.7. The molecule has 178 valence electrons. The van der Waals surface area contributed by atoms with Gasteiger partial charge in [-0.05, 0) is 60.0 Å². The molecular weight excluding hydrogens is 464 g/mol. The van der Waals surface area contributed by atoms with Crippen LogP contribution in [0.4, 0.5) is 5.69 Å². The lowest BCUT2D eigenvalue weighted by atomic mass is 10.1. The van der Waals surface area contributed by atoms with Crippen molar-refractivity contribution in [1.82, 2.24) is 14.8 Å². The Labute approximate surface area is 215 Å². The molecule has 5 aromatic rings. The average Bonchev–Trinajstić information content (AvgIpc) is 3.31. The fourth-order valence-electron chi connectivity index (χ4n) is 3.95. The van der Waals surface area contributed by atoms with Gasteiger partial charge < -0.3 is 5.32 Å². The number of nitrogens with one attached hydrogen (secondary N) is 1. The number of hydrogen-bond acceptors (Lipinski definition) is 4. The fourth-order valence-corrected chi connectivity index (χ4v) is 4.88. The van der Waals surface area contributed by atoms with Gasteiger partial charge in [-0.3, -0.25) is 9.36 Å². The summed E-state index contributed by atoms with van der Waals surface area (Å²) < 4.78 is 2.13. The van der Waals surface area contributed by atoms with Crippen molar-refractivity contribution in [3.05, 3.63) is 137 Å². The van der Waals surface area contributed by atoms with Crippen LogP contribution in [0.3, 0.4) is 0 Å². The molecule has 0 saturated carbocycles. The Balaban J connectivity index is 1.30. The number of carbonyl (C=O) groups excluding carboxylic acids is 1. The molecule has 36 heavy (non-hydrogen) atoms. The third-order valence-corrected chi connectivity index (χ3v) is 6.78. The SMILES string of the molecule is Cc1cccc(NC(=O)c2ccc(CSc3nnc(Cc4ccccc4)n3-c3ccccc3)cc2)c1. The van der Waals surface area contributed by atoms with E-state index in [1.54, 1.807) is 11.8 Å². The Morgan fingerprint density at radius 1 is 0.806 bits per heavy atom. The van der Waals surface area contributed by atoms with Crippen LogP contribution < -0.4 is 5.32 Å². The van der Waals surface area contributed by atoms with E-state index in [2.05, 4.69) is 44.3 Å². The van der Waals surface area contributed by atoms with E-state index in [0.29, 0.717) is 12.0 Å². The van der Waals surface area contributed by atoms with Crippen LogP contribution in [0.5, 0.6) is 0 Å². The smallest absolute Gasteiger partial charge is 0.255 e. The zero-order valence-corrected chi connectivity index (χ0v) is 20.8. The molecule has 0 radical (unpaired) electrons. The third-order valence-electron chi connectivity index (χ3n) is 5.78. The van der Waals surface area contributed by atoms with Crippen LogP contribution in [0, 0.1) is 6.92 Å². The van der Waals surface area contributed by atoms with Crippen molar-refractivity contribution < 1.29 is 4.79 Å². The van der Waals surface area contributed by atoms with Gasteiger partial charge in [-0.1, -0.05) is 84.6 Å². The van der Waals surface area contributed by atoms with Crippen molar-refractivity contribution >= 4 is 23.4 Å². The summed E-state index contributed by atoms with van der Waals surface area (Å²) in [6.45, 7) is 2.01. The molecule has 4 aromatic carbocycles. The number of anilines is 1. The molecule has 0 unspecified atom stereocenters. The van der Waals surface area contributed by atoms with Crippen molar-refractivity contribution in [2.45, 2.75) is 24.3 Å². The molecule has 0 aliphatic heterocycles. The van der Waals surface area contributed by atoms with Gasteiger partial charge >= 0.3 is 0 Å². The molecule has 0 saturated heterocycles. The molecule has 0 atom stereocenters. The van der Waals surface area contributed by atoms with E-state index in [1.807, 2.05) is 91.9 Å². The highest BCUT2D eigenvalue weighted by atomic mass is 32.2. The van der Waals surface area contributed by atoms with E-state index in [4.69, 9.17) is 0 Å². The number of hydrogen-bond donors (Lipinski definition) is 1. The molecule has 0 spiro atoms. The minimum atomic E-state index is -0.117. The monoisotopic (exact) mass is 490 g/mol. The van der Waals surface area contributed by atoms with Crippen LogP contribution in [0.2, 0.25) is 0 Å². The van der Waals surface area contributed by atoms with Crippen LogP contribution in [0.1, 0.15) is 32.9 Å². The highest BCUT2D eigenvalue weighted by Crippen LogP contribution is 2.26. The highest BCUT2D eigenvalue weighted by molar-refractivity contribution is 7.98.